The molecule has 6 heteroatoms. The number of H-pyrrole nitrogens is 1. The summed E-state index contributed by atoms with van der Waals surface area (Å²) in [6.07, 6.45) is 1.54. The van der Waals surface area contributed by atoms with Crippen LogP contribution in [0.4, 0.5) is 4.79 Å². The number of carbonyl (C=O) groups excluding carboxylic acids is 1. The predicted molar refractivity (Wildman–Crippen MR) is 74.8 cm³/mol. The van der Waals surface area contributed by atoms with E-state index in [1.165, 1.54) is 4.90 Å². The lowest BCUT2D eigenvalue weighted by atomic mass is 10.0. The van der Waals surface area contributed by atoms with Gasteiger partial charge in [0.15, 0.2) is 5.75 Å². The molecule has 0 aliphatic carbocycles. The summed E-state index contributed by atoms with van der Waals surface area (Å²) in [5.74, 6) is 0.0842. The number of aryl methyl sites for hydroxylation is 1. The molecular weight excluding hydrogens is 258 g/mol. The molecule has 0 fully saturated rings. The molecule has 1 rings (SSSR count). The smallest absolute Gasteiger partial charge is 0.408 e. The van der Waals surface area contributed by atoms with Gasteiger partial charge in [-0.3, -0.25) is 4.79 Å². The monoisotopic (exact) mass is 277 g/mol. The minimum Gasteiger partial charge on any atom is -0.408 e. The topological polar surface area (TPSA) is 86.2 Å². The quantitative estimate of drug-likeness (QED) is 0.911. The van der Waals surface area contributed by atoms with E-state index >= 15 is 0 Å². The van der Waals surface area contributed by atoms with Crippen molar-refractivity contribution in [1.82, 2.24) is 9.88 Å². The third-order valence-corrected chi connectivity index (χ3v) is 2.90. The van der Waals surface area contributed by atoms with Crippen LogP contribution in [0.1, 0.15) is 36.6 Å². The summed E-state index contributed by atoms with van der Waals surface area (Å²) in [6, 6.07) is 1.99. The van der Waals surface area contributed by atoms with Crippen molar-refractivity contribution in [2.45, 2.75) is 33.1 Å². The van der Waals surface area contributed by atoms with Crippen molar-refractivity contribution in [2.75, 3.05) is 14.1 Å². The van der Waals surface area contributed by atoms with Crippen LogP contribution in [0.5, 0.6) is 5.75 Å². The highest BCUT2D eigenvalue weighted by atomic mass is 16.6. The van der Waals surface area contributed by atoms with Gasteiger partial charge in [-0.05, 0) is 19.8 Å². The summed E-state index contributed by atoms with van der Waals surface area (Å²) < 4.78 is 5.23. The molecule has 0 aliphatic heterocycles. The maximum Gasteiger partial charge on any atom is 0.414 e. The van der Waals surface area contributed by atoms with E-state index in [9.17, 15) is 14.9 Å². The molecule has 0 unspecified atom stereocenters. The highest BCUT2D eigenvalue weighted by Crippen LogP contribution is 2.24. The Morgan fingerprint density at radius 3 is 2.60 bits per heavy atom. The van der Waals surface area contributed by atoms with E-state index in [0.717, 1.165) is 12.8 Å². The number of nitrogens with zero attached hydrogens (tertiary/aromatic N) is 2. The summed E-state index contributed by atoms with van der Waals surface area (Å²) in [5, 5.41) is 9.21. The van der Waals surface area contributed by atoms with Crippen molar-refractivity contribution in [1.29, 1.82) is 5.26 Å². The maximum absolute atomic E-state index is 12.0. The van der Waals surface area contributed by atoms with E-state index < -0.39 is 6.09 Å². The zero-order chi connectivity index (χ0) is 15.3. The molecule has 0 radical (unpaired) electrons. The molecule has 0 aliphatic rings. The highest BCUT2D eigenvalue weighted by Gasteiger charge is 2.20. The SMILES string of the molecule is CCCCc1c(OC(=O)N(C)C)c(C#N)c(C)[nH]c1=O. The number of aromatic nitrogens is 1. The van der Waals surface area contributed by atoms with Crippen LogP contribution >= 0.6 is 0 Å². The lowest BCUT2D eigenvalue weighted by molar-refractivity contribution is 0.171. The van der Waals surface area contributed by atoms with Gasteiger partial charge in [0.1, 0.15) is 11.6 Å². The zero-order valence-electron chi connectivity index (χ0n) is 12.2. The van der Waals surface area contributed by atoms with Gasteiger partial charge in [-0.15, -0.1) is 0 Å². The van der Waals surface area contributed by atoms with Crippen molar-refractivity contribution in [3.63, 3.8) is 0 Å². The second-order valence-corrected chi connectivity index (χ2v) is 4.74. The van der Waals surface area contributed by atoms with Gasteiger partial charge in [0.25, 0.3) is 5.56 Å². The molecule has 0 atom stereocenters. The molecule has 0 bridgehead atoms. The van der Waals surface area contributed by atoms with E-state index in [2.05, 4.69) is 4.98 Å². The lowest BCUT2D eigenvalue weighted by Crippen LogP contribution is -2.28. The fourth-order valence-electron chi connectivity index (χ4n) is 1.74. The third-order valence-electron chi connectivity index (χ3n) is 2.90. The van der Waals surface area contributed by atoms with Gasteiger partial charge in [-0.1, -0.05) is 13.3 Å². The molecular formula is C14H19N3O3. The van der Waals surface area contributed by atoms with Crippen LogP contribution < -0.4 is 10.3 Å². The van der Waals surface area contributed by atoms with E-state index in [-0.39, 0.29) is 16.9 Å². The summed E-state index contributed by atoms with van der Waals surface area (Å²) in [7, 11) is 3.08. The van der Waals surface area contributed by atoms with Crippen LogP contribution in [0.25, 0.3) is 0 Å². The first-order valence-electron chi connectivity index (χ1n) is 6.47. The molecule has 6 nitrogen and oxygen atoms in total. The molecule has 0 aromatic carbocycles. The Morgan fingerprint density at radius 2 is 2.10 bits per heavy atom. The summed E-state index contributed by atoms with van der Waals surface area (Å²) in [6.45, 7) is 3.61. The van der Waals surface area contributed by atoms with Crippen molar-refractivity contribution in [2.24, 2.45) is 0 Å². The van der Waals surface area contributed by atoms with Crippen LogP contribution in [0.3, 0.4) is 0 Å². The Kier molecular flexibility index (Phi) is 5.32. The minimum absolute atomic E-state index is 0.0842. The number of aromatic amines is 1. The summed E-state index contributed by atoms with van der Waals surface area (Å²) in [5.41, 5.74) is 0.644. The zero-order valence-corrected chi connectivity index (χ0v) is 12.2. The van der Waals surface area contributed by atoms with Crippen LogP contribution in [-0.2, 0) is 6.42 Å². The molecule has 1 heterocycles. The minimum atomic E-state index is -0.607. The van der Waals surface area contributed by atoms with Crippen molar-refractivity contribution in [3.8, 4) is 11.8 Å². The van der Waals surface area contributed by atoms with Gasteiger partial charge in [-0.2, -0.15) is 5.26 Å². The van der Waals surface area contributed by atoms with Gasteiger partial charge < -0.3 is 14.6 Å². The van der Waals surface area contributed by atoms with Crippen molar-refractivity contribution < 1.29 is 9.53 Å². The van der Waals surface area contributed by atoms with Crippen LogP contribution in [0.15, 0.2) is 4.79 Å². The maximum atomic E-state index is 12.0. The normalized spacial score (nSPS) is 9.95. The standard InChI is InChI=1S/C14H19N3O3/c1-5-6-7-10-12(20-14(19)17(3)4)11(8-15)9(2)16-13(10)18/h5-7H2,1-4H3,(H,16,18). The Labute approximate surface area is 118 Å². The number of hydrogen-bond acceptors (Lipinski definition) is 4. The number of hydrogen-bond donors (Lipinski definition) is 1. The number of pyridine rings is 1. The average Bonchev–Trinajstić information content (AvgIpc) is 2.38. The highest BCUT2D eigenvalue weighted by molar-refractivity contribution is 5.72. The second-order valence-electron chi connectivity index (χ2n) is 4.74. The number of nitrogens with one attached hydrogen (secondary N) is 1. The third kappa shape index (κ3) is 3.38. The molecule has 20 heavy (non-hydrogen) atoms. The Morgan fingerprint density at radius 1 is 1.45 bits per heavy atom. The van der Waals surface area contributed by atoms with Gasteiger partial charge in [0, 0.05) is 19.8 Å². The number of amides is 1. The molecule has 108 valence electrons. The molecule has 0 saturated carbocycles. The van der Waals surface area contributed by atoms with Gasteiger partial charge in [-0.25, -0.2) is 4.79 Å². The van der Waals surface area contributed by atoms with E-state index in [1.54, 1.807) is 21.0 Å². The Balaban J connectivity index is 3.38. The Bertz CT molecular complexity index is 597. The molecule has 0 saturated heterocycles. The van der Waals surface area contributed by atoms with E-state index in [0.29, 0.717) is 17.7 Å². The largest absolute Gasteiger partial charge is 0.414 e. The molecule has 1 aromatic heterocycles. The van der Waals surface area contributed by atoms with Crippen LogP contribution in [0.2, 0.25) is 0 Å². The fourth-order valence-corrected chi connectivity index (χ4v) is 1.74. The van der Waals surface area contributed by atoms with E-state index in [1.807, 2.05) is 13.0 Å². The van der Waals surface area contributed by atoms with E-state index in [4.69, 9.17) is 4.74 Å². The van der Waals surface area contributed by atoms with Crippen LogP contribution in [-0.4, -0.2) is 30.1 Å². The molecule has 1 amide bonds. The average molecular weight is 277 g/mol. The fraction of sp³-hybridized carbons (Fsp3) is 0.500. The van der Waals surface area contributed by atoms with Crippen molar-refractivity contribution in [3.05, 3.63) is 27.2 Å². The number of rotatable bonds is 4. The number of ether oxygens (including phenoxy) is 1. The van der Waals surface area contributed by atoms with Gasteiger partial charge in [0.2, 0.25) is 0 Å². The van der Waals surface area contributed by atoms with Gasteiger partial charge in [0.05, 0.1) is 5.56 Å². The first kappa shape index (κ1) is 15.8. The van der Waals surface area contributed by atoms with Crippen molar-refractivity contribution >= 4 is 6.09 Å². The summed E-state index contributed by atoms with van der Waals surface area (Å²) >= 11 is 0. The Hall–Kier alpha value is -2.29. The van der Waals surface area contributed by atoms with Crippen LogP contribution in [0, 0.1) is 18.3 Å². The second kappa shape index (κ2) is 6.75. The predicted octanol–water partition coefficient (Wildman–Crippen LogP) is 1.96. The molecule has 0 spiro atoms. The first-order chi connectivity index (χ1) is 9.42. The lowest BCUT2D eigenvalue weighted by Gasteiger charge is -2.15. The number of carbonyl (C=O) groups is 1. The molecule has 1 N–H and O–H groups in total. The number of unbranched alkanes of at least 4 members (excludes halogenated alkanes) is 1. The summed E-state index contributed by atoms with van der Waals surface area (Å²) in [4.78, 5) is 27.6. The first-order valence-corrected chi connectivity index (χ1v) is 6.47. The van der Waals surface area contributed by atoms with Gasteiger partial charge >= 0.3 is 6.09 Å². The molecule has 1 aromatic rings. The number of nitriles is 1.